The van der Waals surface area contributed by atoms with Crippen molar-refractivity contribution >= 4 is 37.8 Å². The van der Waals surface area contributed by atoms with Gasteiger partial charge in [0.2, 0.25) is 0 Å². The highest BCUT2D eigenvalue weighted by molar-refractivity contribution is 9.10. The first-order chi connectivity index (χ1) is 5.65. The predicted molar refractivity (Wildman–Crippen MR) is 51.5 cm³/mol. The summed E-state index contributed by atoms with van der Waals surface area (Å²) in [6.07, 6.45) is 0. The molecule has 0 aromatic carbocycles. The number of carboxylic acid groups (broad SMARTS) is 1. The van der Waals surface area contributed by atoms with Gasteiger partial charge in [0.05, 0.1) is 11.3 Å². The summed E-state index contributed by atoms with van der Waals surface area (Å²) in [6.45, 7) is 0. The molecular formula is C7H5Br2NO2. The summed E-state index contributed by atoms with van der Waals surface area (Å²) < 4.78 is 0.641. The zero-order valence-corrected chi connectivity index (χ0v) is 9.09. The number of nitrogens with zero attached hydrogens (tertiary/aromatic N) is 1. The van der Waals surface area contributed by atoms with Crippen LogP contribution in [0.4, 0.5) is 0 Å². The Morgan fingerprint density at radius 1 is 1.58 bits per heavy atom. The number of carbonyl (C=O) groups is 1. The summed E-state index contributed by atoms with van der Waals surface area (Å²) in [5.41, 5.74) is 0.756. The first-order valence-corrected chi connectivity index (χ1v) is 5.01. The second-order valence-electron chi connectivity index (χ2n) is 2.07. The second kappa shape index (κ2) is 4.00. The third-order valence-corrected chi connectivity index (χ3v) is 2.27. The molecule has 0 saturated heterocycles. The van der Waals surface area contributed by atoms with E-state index >= 15 is 0 Å². The van der Waals surface area contributed by atoms with Gasteiger partial charge in [-0.25, -0.2) is 9.78 Å². The van der Waals surface area contributed by atoms with Crippen LogP contribution in [0.3, 0.4) is 0 Å². The van der Waals surface area contributed by atoms with Crippen molar-refractivity contribution in [3.63, 3.8) is 0 Å². The van der Waals surface area contributed by atoms with E-state index in [9.17, 15) is 4.79 Å². The molecule has 0 radical (unpaired) electrons. The Balaban J connectivity index is 3.20. The zero-order chi connectivity index (χ0) is 9.14. The van der Waals surface area contributed by atoms with Crippen LogP contribution >= 0.6 is 31.9 Å². The van der Waals surface area contributed by atoms with E-state index in [1.807, 2.05) is 0 Å². The Morgan fingerprint density at radius 3 is 2.75 bits per heavy atom. The fourth-order valence-corrected chi connectivity index (χ4v) is 1.54. The smallest absolute Gasteiger partial charge is 0.337 e. The average Bonchev–Trinajstić information content (AvgIpc) is 2.03. The predicted octanol–water partition coefficient (Wildman–Crippen LogP) is 2.44. The number of hydrogen-bond donors (Lipinski definition) is 1. The number of carboxylic acids is 1. The van der Waals surface area contributed by atoms with Gasteiger partial charge in [-0.1, -0.05) is 15.9 Å². The Labute approximate surface area is 86.1 Å². The molecule has 3 nitrogen and oxygen atoms in total. The van der Waals surface area contributed by atoms with E-state index in [2.05, 4.69) is 36.8 Å². The number of hydrogen-bond acceptors (Lipinski definition) is 2. The van der Waals surface area contributed by atoms with Crippen molar-refractivity contribution in [3.8, 4) is 0 Å². The van der Waals surface area contributed by atoms with Gasteiger partial charge < -0.3 is 5.11 Å². The highest BCUT2D eigenvalue weighted by atomic mass is 79.9. The van der Waals surface area contributed by atoms with Gasteiger partial charge in [-0.2, -0.15) is 0 Å². The van der Waals surface area contributed by atoms with Gasteiger partial charge >= 0.3 is 5.97 Å². The van der Waals surface area contributed by atoms with Crippen molar-refractivity contribution in [1.82, 2.24) is 4.98 Å². The van der Waals surface area contributed by atoms with Gasteiger partial charge in [0.25, 0.3) is 0 Å². The molecule has 0 aliphatic rings. The minimum absolute atomic E-state index is 0.232. The molecule has 1 aromatic rings. The maximum atomic E-state index is 10.6. The van der Waals surface area contributed by atoms with Gasteiger partial charge in [-0.15, -0.1) is 0 Å². The van der Waals surface area contributed by atoms with Gasteiger partial charge in [0, 0.05) is 5.33 Å². The number of aromatic carboxylic acids is 1. The molecule has 1 aromatic heterocycles. The molecule has 0 bridgehead atoms. The van der Waals surface area contributed by atoms with Crippen LogP contribution in [0.25, 0.3) is 0 Å². The van der Waals surface area contributed by atoms with Crippen LogP contribution in [-0.2, 0) is 5.33 Å². The fraction of sp³-hybridized carbons (Fsp3) is 0.143. The van der Waals surface area contributed by atoms with Crippen molar-refractivity contribution in [2.75, 3.05) is 0 Å². The van der Waals surface area contributed by atoms with E-state index in [0.29, 0.717) is 15.6 Å². The third kappa shape index (κ3) is 2.04. The maximum Gasteiger partial charge on any atom is 0.337 e. The Morgan fingerprint density at radius 2 is 2.25 bits per heavy atom. The summed E-state index contributed by atoms with van der Waals surface area (Å²) in [6, 6.07) is 3.13. The summed E-state index contributed by atoms with van der Waals surface area (Å²) in [5.74, 6) is -0.954. The molecular weight excluding hydrogens is 290 g/mol. The molecule has 0 spiro atoms. The largest absolute Gasteiger partial charge is 0.478 e. The lowest BCUT2D eigenvalue weighted by Crippen LogP contribution is -2.03. The average molecular weight is 295 g/mol. The highest BCUT2D eigenvalue weighted by Crippen LogP contribution is 2.14. The number of aromatic nitrogens is 1. The number of halogens is 2. The molecule has 0 amide bonds. The van der Waals surface area contributed by atoms with Crippen LogP contribution in [-0.4, -0.2) is 16.1 Å². The maximum absolute atomic E-state index is 10.6. The topological polar surface area (TPSA) is 50.2 Å². The van der Waals surface area contributed by atoms with Crippen molar-refractivity contribution in [2.24, 2.45) is 0 Å². The van der Waals surface area contributed by atoms with Crippen LogP contribution in [0.2, 0.25) is 0 Å². The lowest BCUT2D eigenvalue weighted by molar-refractivity contribution is 0.0695. The third-order valence-electron chi connectivity index (χ3n) is 1.30. The molecule has 1 heterocycles. The quantitative estimate of drug-likeness (QED) is 0.673. The fourth-order valence-electron chi connectivity index (χ4n) is 0.771. The minimum atomic E-state index is -0.954. The van der Waals surface area contributed by atoms with Crippen LogP contribution in [0.1, 0.15) is 16.1 Å². The number of alkyl halides is 1. The molecule has 1 rings (SSSR count). The van der Waals surface area contributed by atoms with Crippen molar-refractivity contribution < 1.29 is 9.90 Å². The summed E-state index contributed by atoms with van der Waals surface area (Å²) in [7, 11) is 0. The van der Waals surface area contributed by atoms with Gasteiger partial charge in [0.1, 0.15) is 4.60 Å². The molecule has 0 unspecified atom stereocenters. The van der Waals surface area contributed by atoms with E-state index in [4.69, 9.17) is 5.11 Å². The molecule has 0 atom stereocenters. The van der Waals surface area contributed by atoms with Gasteiger partial charge in [-0.05, 0) is 28.1 Å². The monoisotopic (exact) mass is 293 g/mol. The summed E-state index contributed by atoms with van der Waals surface area (Å²) >= 11 is 6.33. The first kappa shape index (κ1) is 9.67. The lowest BCUT2D eigenvalue weighted by Gasteiger charge is -2.00. The van der Waals surface area contributed by atoms with Gasteiger partial charge in [0.15, 0.2) is 0 Å². The van der Waals surface area contributed by atoms with Gasteiger partial charge in [-0.3, -0.25) is 0 Å². The Bertz CT molecular complexity index is 314. The van der Waals surface area contributed by atoms with E-state index in [0.717, 1.165) is 0 Å². The number of pyridine rings is 1. The van der Waals surface area contributed by atoms with E-state index < -0.39 is 5.97 Å². The van der Waals surface area contributed by atoms with Crippen LogP contribution in [0, 0.1) is 0 Å². The normalized spacial score (nSPS) is 9.83. The molecule has 12 heavy (non-hydrogen) atoms. The van der Waals surface area contributed by atoms with Crippen LogP contribution < -0.4 is 0 Å². The van der Waals surface area contributed by atoms with Crippen LogP contribution in [0.15, 0.2) is 16.7 Å². The summed E-state index contributed by atoms with van der Waals surface area (Å²) in [5, 5.41) is 9.15. The molecule has 0 aliphatic carbocycles. The van der Waals surface area contributed by atoms with Crippen molar-refractivity contribution in [2.45, 2.75) is 5.33 Å². The molecule has 5 heteroatoms. The molecule has 0 saturated carbocycles. The lowest BCUT2D eigenvalue weighted by atomic mass is 10.2. The van der Waals surface area contributed by atoms with E-state index in [1.165, 1.54) is 6.07 Å². The molecule has 0 fully saturated rings. The Hall–Kier alpha value is -0.420. The Kier molecular flexibility index (Phi) is 3.22. The molecule has 64 valence electrons. The number of rotatable bonds is 2. The minimum Gasteiger partial charge on any atom is -0.478 e. The van der Waals surface area contributed by atoms with Crippen LogP contribution in [0.5, 0.6) is 0 Å². The SMILES string of the molecule is O=C(O)c1ccc(Br)nc1CBr. The zero-order valence-electron chi connectivity index (χ0n) is 5.92. The summed E-state index contributed by atoms with van der Waals surface area (Å²) in [4.78, 5) is 14.6. The highest BCUT2D eigenvalue weighted by Gasteiger charge is 2.09. The van der Waals surface area contributed by atoms with E-state index in [1.54, 1.807) is 6.07 Å². The standard InChI is InChI=1S/C7H5Br2NO2/c8-3-5-4(7(11)12)1-2-6(9)10-5/h1-2H,3H2,(H,11,12). The second-order valence-corrected chi connectivity index (χ2v) is 3.44. The molecule has 0 aliphatic heterocycles. The molecule has 1 N–H and O–H groups in total. The first-order valence-electron chi connectivity index (χ1n) is 3.10. The van der Waals surface area contributed by atoms with E-state index in [-0.39, 0.29) is 5.56 Å². The van der Waals surface area contributed by atoms with Crippen molar-refractivity contribution in [3.05, 3.63) is 28.0 Å². The van der Waals surface area contributed by atoms with Crippen molar-refractivity contribution in [1.29, 1.82) is 0 Å².